The highest BCUT2D eigenvalue weighted by Crippen LogP contribution is 2.40. The Kier molecular flexibility index (Phi) is 6.19. The molecule has 1 aliphatic carbocycles. The van der Waals surface area contributed by atoms with Gasteiger partial charge < -0.3 is 5.32 Å². The lowest BCUT2D eigenvalue weighted by Gasteiger charge is -2.29. The van der Waals surface area contributed by atoms with Gasteiger partial charge in [0.2, 0.25) is 5.91 Å². The Morgan fingerprint density at radius 2 is 1.81 bits per heavy atom. The standard InChI is InChI=1S/C20H24F3N3O/c21-20(22,23)18-8-6-15(7-9-18)10-19(27)24-11-17-12-25-26(14-17)13-16-4-2-1-3-5-16/h1-5,12,14-15,18H,6-11,13H2,(H,24,27). The molecule has 3 rings (SSSR count). The van der Waals surface area contributed by atoms with Crippen molar-refractivity contribution in [1.29, 1.82) is 0 Å². The van der Waals surface area contributed by atoms with Crippen molar-refractivity contribution in [1.82, 2.24) is 15.1 Å². The SMILES string of the molecule is O=C(CC1CCC(C(F)(F)F)CC1)NCc1cnn(Cc2ccccc2)c1. The molecule has 1 saturated carbocycles. The minimum atomic E-state index is -4.10. The van der Waals surface area contributed by atoms with Crippen LogP contribution in [-0.4, -0.2) is 21.9 Å². The van der Waals surface area contributed by atoms with Crippen molar-refractivity contribution in [3.05, 3.63) is 53.9 Å². The molecule has 1 heterocycles. The molecule has 4 nitrogen and oxygen atoms in total. The van der Waals surface area contributed by atoms with Crippen molar-refractivity contribution in [3.8, 4) is 0 Å². The van der Waals surface area contributed by atoms with Crippen LogP contribution in [0.5, 0.6) is 0 Å². The molecule has 0 unspecified atom stereocenters. The van der Waals surface area contributed by atoms with E-state index < -0.39 is 12.1 Å². The fraction of sp³-hybridized carbons (Fsp3) is 0.500. The number of carbonyl (C=O) groups is 1. The number of hydrogen-bond acceptors (Lipinski definition) is 2. The molecule has 1 fully saturated rings. The Hall–Kier alpha value is -2.31. The number of amides is 1. The molecule has 2 aromatic rings. The Bertz CT molecular complexity index is 734. The van der Waals surface area contributed by atoms with Crippen LogP contribution in [0, 0.1) is 11.8 Å². The number of carbonyl (C=O) groups excluding carboxylic acids is 1. The molecule has 0 saturated heterocycles. The summed E-state index contributed by atoms with van der Waals surface area (Å²) in [5.74, 6) is -1.27. The monoisotopic (exact) mass is 379 g/mol. The van der Waals surface area contributed by atoms with Crippen LogP contribution in [0.3, 0.4) is 0 Å². The van der Waals surface area contributed by atoms with E-state index in [1.165, 1.54) is 0 Å². The van der Waals surface area contributed by atoms with E-state index in [2.05, 4.69) is 10.4 Å². The average molecular weight is 379 g/mol. The Labute approximate surface area is 156 Å². The molecule has 1 aliphatic rings. The first-order chi connectivity index (χ1) is 12.9. The van der Waals surface area contributed by atoms with Crippen LogP contribution in [0.1, 0.15) is 43.2 Å². The van der Waals surface area contributed by atoms with Crippen molar-refractivity contribution < 1.29 is 18.0 Å². The van der Waals surface area contributed by atoms with Crippen molar-refractivity contribution in [2.75, 3.05) is 0 Å². The van der Waals surface area contributed by atoms with E-state index in [1.807, 2.05) is 41.2 Å². The number of alkyl halides is 3. The lowest BCUT2D eigenvalue weighted by molar-refractivity contribution is -0.184. The molecule has 1 amide bonds. The Balaban J connectivity index is 1.40. The second-order valence-electron chi connectivity index (χ2n) is 7.27. The van der Waals surface area contributed by atoms with Gasteiger partial charge in [-0.05, 0) is 37.2 Å². The largest absolute Gasteiger partial charge is 0.391 e. The minimum Gasteiger partial charge on any atom is -0.352 e. The third-order valence-corrected chi connectivity index (χ3v) is 5.15. The van der Waals surface area contributed by atoms with E-state index in [0.29, 0.717) is 32.4 Å². The van der Waals surface area contributed by atoms with Crippen LogP contribution in [0.2, 0.25) is 0 Å². The van der Waals surface area contributed by atoms with Gasteiger partial charge in [-0.15, -0.1) is 0 Å². The summed E-state index contributed by atoms with van der Waals surface area (Å²) in [6, 6.07) is 9.96. The predicted octanol–water partition coefficient (Wildman–Crippen LogP) is 4.31. The molecule has 0 radical (unpaired) electrons. The van der Waals surface area contributed by atoms with E-state index in [9.17, 15) is 18.0 Å². The van der Waals surface area contributed by atoms with Gasteiger partial charge in [-0.1, -0.05) is 30.3 Å². The summed E-state index contributed by atoms with van der Waals surface area (Å²) >= 11 is 0. The summed E-state index contributed by atoms with van der Waals surface area (Å²) in [5, 5.41) is 7.15. The van der Waals surface area contributed by atoms with Gasteiger partial charge in [-0.2, -0.15) is 18.3 Å². The van der Waals surface area contributed by atoms with E-state index in [0.717, 1.165) is 11.1 Å². The number of halogens is 3. The van der Waals surface area contributed by atoms with Crippen LogP contribution in [0.15, 0.2) is 42.7 Å². The molecular formula is C20H24F3N3O. The van der Waals surface area contributed by atoms with E-state index in [4.69, 9.17) is 0 Å². The summed E-state index contributed by atoms with van der Waals surface area (Å²) < 4.78 is 39.9. The van der Waals surface area contributed by atoms with Crippen molar-refractivity contribution in [2.45, 2.75) is 51.4 Å². The predicted molar refractivity (Wildman–Crippen MR) is 95.7 cm³/mol. The molecule has 1 N–H and O–H groups in total. The van der Waals surface area contributed by atoms with Crippen molar-refractivity contribution in [3.63, 3.8) is 0 Å². The van der Waals surface area contributed by atoms with Crippen molar-refractivity contribution in [2.24, 2.45) is 11.8 Å². The summed E-state index contributed by atoms with van der Waals surface area (Å²) in [6.07, 6.45) is 0.996. The second kappa shape index (κ2) is 8.59. The molecule has 0 atom stereocenters. The van der Waals surface area contributed by atoms with Gasteiger partial charge >= 0.3 is 6.18 Å². The highest BCUT2D eigenvalue weighted by atomic mass is 19.4. The molecule has 1 aromatic carbocycles. The van der Waals surface area contributed by atoms with Gasteiger partial charge in [0.1, 0.15) is 0 Å². The summed E-state index contributed by atoms with van der Waals surface area (Å²) in [5.41, 5.74) is 2.05. The average Bonchev–Trinajstić information content (AvgIpc) is 3.08. The van der Waals surface area contributed by atoms with Crippen LogP contribution in [0.25, 0.3) is 0 Å². The molecular weight excluding hydrogens is 355 g/mol. The number of aromatic nitrogens is 2. The number of benzene rings is 1. The number of nitrogens with zero attached hydrogens (tertiary/aromatic N) is 2. The highest BCUT2D eigenvalue weighted by Gasteiger charge is 2.41. The number of nitrogens with one attached hydrogen (secondary N) is 1. The first kappa shape index (κ1) is 19.5. The van der Waals surface area contributed by atoms with Crippen LogP contribution in [0.4, 0.5) is 13.2 Å². The van der Waals surface area contributed by atoms with Gasteiger partial charge in [0.25, 0.3) is 0 Å². The third-order valence-electron chi connectivity index (χ3n) is 5.15. The zero-order valence-electron chi connectivity index (χ0n) is 15.1. The van der Waals surface area contributed by atoms with Gasteiger partial charge in [-0.25, -0.2) is 0 Å². The van der Waals surface area contributed by atoms with Crippen molar-refractivity contribution >= 4 is 5.91 Å². The molecule has 0 spiro atoms. The van der Waals surface area contributed by atoms with Gasteiger partial charge in [0.05, 0.1) is 18.7 Å². The zero-order chi connectivity index (χ0) is 19.3. The maximum Gasteiger partial charge on any atom is 0.391 e. The van der Waals surface area contributed by atoms with E-state index in [-0.39, 0.29) is 24.7 Å². The number of hydrogen-bond donors (Lipinski definition) is 1. The maximum atomic E-state index is 12.7. The third kappa shape index (κ3) is 5.84. The Morgan fingerprint density at radius 1 is 1.11 bits per heavy atom. The normalized spacial score (nSPS) is 20.4. The lowest BCUT2D eigenvalue weighted by atomic mass is 9.80. The maximum absolute atomic E-state index is 12.7. The van der Waals surface area contributed by atoms with Crippen LogP contribution in [-0.2, 0) is 17.9 Å². The second-order valence-corrected chi connectivity index (χ2v) is 7.27. The first-order valence-corrected chi connectivity index (χ1v) is 9.29. The van der Waals surface area contributed by atoms with Gasteiger partial charge in [0, 0.05) is 24.7 Å². The molecule has 27 heavy (non-hydrogen) atoms. The quantitative estimate of drug-likeness (QED) is 0.813. The summed E-state index contributed by atoms with van der Waals surface area (Å²) in [7, 11) is 0. The highest BCUT2D eigenvalue weighted by molar-refractivity contribution is 5.76. The van der Waals surface area contributed by atoms with Gasteiger partial charge in [0.15, 0.2) is 0 Å². The van der Waals surface area contributed by atoms with Gasteiger partial charge in [-0.3, -0.25) is 9.48 Å². The van der Waals surface area contributed by atoms with E-state index >= 15 is 0 Å². The fourth-order valence-corrected chi connectivity index (χ4v) is 3.58. The summed E-state index contributed by atoms with van der Waals surface area (Å²) in [4.78, 5) is 12.1. The fourth-order valence-electron chi connectivity index (χ4n) is 3.58. The van der Waals surface area contributed by atoms with E-state index in [1.54, 1.807) is 6.20 Å². The first-order valence-electron chi connectivity index (χ1n) is 9.29. The minimum absolute atomic E-state index is 0.0457. The molecule has 1 aromatic heterocycles. The molecule has 0 bridgehead atoms. The molecule has 146 valence electrons. The zero-order valence-corrected chi connectivity index (χ0v) is 15.1. The Morgan fingerprint density at radius 3 is 2.48 bits per heavy atom. The van der Waals surface area contributed by atoms with Crippen LogP contribution >= 0.6 is 0 Å². The number of rotatable bonds is 6. The topological polar surface area (TPSA) is 46.9 Å². The molecule has 7 heteroatoms. The van der Waals surface area contributed by atoms with Crippen LogP contribution < -0.4 is 5.32 Å². The smallest absolute Gasteiger partial charge is 0.352 e. The molecule has 0 aliphatic heterocycles. The lowest BCUT2D eigenvalue weighted by Crippen LogP contribution is -2.30. The summed E-state index contributed by atoms with van der Waals surface area (Å²) in [6.45, 7) is 1.04.